The Balaban J connectivity index is 2.05. The summed E-state index contributed by atoms with van der Waals surface area (Å²) >= 11 is 0. The van der Waals surface area contributed by atoms with Gasteiger partial charge in [0, 0.05) is 11.5 Å². The van der Waals surface area contributed by atoms with E-state index < -0.39 is 0 Å². The van der Waals surface area contributed by atoms with Gasteiger partial charge in [-0.1, -0.05) is 66.7 Å². The Hall–Kier alpha value is -2.54. The lowest BCUT2D eigenvalue weighted by Gasteiger charge is -2.15. The number of phenolic OH excluding ortho intramolecular Hbond substituents is 1. The molecule has 0 heterocycles. The third kappa shape index (κ3) is 1.50. The van der Waals surface area contributed by atoms with E-state index in [1.807, 2.05) is 12.1 Å². The van der Waals surface area contributed by atoms with Crippen molar-refractivity contribution >= 4 is 0 Å². The molecule has 0 bridgehead atoms. The van der Waals surface area contributed by atoms with Crippen LogP contribution in [0.15, 0.2) is 72.8 Å². The molecule has 3 aromatic carbocycles. The van der Waals surface area contributed by atoms with Gasteiger partial charge in [-0.05, 0) is 28.3 Å². The summed E-state index contributed by atoms with van der Waals surface area (Å²) in [4.78, 5) is 0. The van der Waals surface area contributed by atoms with Crippen molar-refractivity contribution in [2.24, 2.45) is 0 Å². The van der Waals surface area contributed by atoms with Gasteiger partial charge in [0.2, 0.25) is 0 Å². The van der Waals surface area contributed by atoms with Crippen molar-refractivity contribution in [2.45, 2.75) is 5.92 Å². The number of aromatic hydroxyl groups is 1. The van der Waals surface area contributed by atoms with Crippen molar-refractivity contribution in [3.8, 4) is 16.9 Å². The van der Waals surface area contributed by atoms with Crippen molar-refractivity contribution in [3.63, 3.8) is 0 Å². The predicted molar refractivity (Wildman–Crippen MR) is 80.9 cm³/mol. The zero-order valence-corrected chi connectivity index (χ0v) is 11.0. The fraction of sp³-hybridized carbons (Fsp3) is 0.0526. The molecule has 0 aliphatic heterocycles. The fourth-order valence-corrected chi connectivity index (χ4v) is 3.23. The lowest BCUT2D eigenvalue weighted by Crippen LogP contribution is -1.98. The van der Waals surface area contributed by atoms with Crippen molar-refractivity contribution < 1.29 is 5.11 Å². The number of benzene rings is 3. The fourth-order valence-electron chi connectivity index (χ4n) is 3.23. The van der Waals surface area contributed by atoms with Gasteiger partial charge >= 0.3 is 0 Å². The van der Waals surface area contributed by atoms with Crippen molar-refractivity contribution in [2.75, 3.05) is 0 Å². The maximum Gasteiger partial charge on any atom is 0.120 e. The summed E-state index contributed by atoms with van der Waals surface area (Å²) in [6.45, 7) is 0. The molecule has 1 atom stereocenters. The topological polar surface area (TPSA) is 20.2 Å². The summed E-state index contributed by atoms with van der Waals surface area (Å²) in [5.41, 5.74) is 5.90. The Kier molecular flexibility index (Phi) is 2.40. The molecule has 1 unspecified atom stereocenters. The maximum atomic E-state index is 10.3. The third-order valence-electron chi connectivity index (χ3n) is 4.07. The highest BCUT2D eigenvalue weighted by Gasteiger charge is 2.31. The van der Waals surface area contributed by atoms with E-state index in [0.717, 1.165) is 11.1 Å². The second-order valence-electron chi connectivity index (χ2n) is 5.17. The zero-order chi connectivity index (χ0) is 13.5. The van der Waals surface area contributed by atoms with Crippen molar-refractivity contribution in [1.82, 2.24) is 0 Å². The van der Waals surface area contributed by atoms with Crippen LogP contribution in [-0.4, -0.2) is 5.11 Å². The Bertz CT molecular complexity index is 775. The summed E-state index contributed by atoms with van der Waals surface area (Å²) in [5.74, 6) is 0.510. The first-order valence-electron chi connectivity index (χ1n) is 6.82. The highest BCUT2D eigenvalue weighted by atomic mass is 16.3. The van der Waals surface area contributed by atoms with E-state index in [1.165, 1.54) is 16.7 Å². The molecule has 0 saturated heterocycles. The highest BCUT2D eigenvalue weighted by Crippen LogP contribution is 2.50. The van der Waals surface area contributed by atoms with Crippen LogP contribution in [0.5, 0.6) is 5.75 Å². The summed E-state index contributed by atoms with van der Waals surface area (Å²) < 4.78 is 0. The number of hydrogen-bond acceptors (Lipinski definition) is 1. The minimum absolute atomic E-state index is 0.128. The molecule has 4 rings (SSSR count). The molecule has 96 valence electrons. The number of phenols is 1. The first-order valence-corrected chi connectivity index (χ1v) is 6.82. The van der Waals surface area contributed by atoms with E-state index in [9.17, 15) is 5.11 Å². The molecular formula is C19H14O. The van der Waals surface area contributed by atoms with Gasteiger partial charge in [-0.25, -0.2) is 0 Å². The molecular weight excluding hydrogens is 244 g/mol. The molecule has 3 aromatic rings. The third-order valence-corrected chi connectivity index (χ3v) is 4.07. The van der Waals surface area contributed by atoms with E-state index >= 15 is 0 Å². The van der Waals surface area contributed by atoms with E-state index in [-0.39, 0.29) is 5.92 Å². The minimum Gasteiger partial charge on any atom is -0.508 e. The van der Waals surface area contributed by atoms with Crippen LogP contribution >= 0.6 is 0 Å². The SMILES string of the molecule is Oc1cccc2c1C(c1ccccc1)c1ccccc1-2. The van der Waals surface area contributed by atoms with Gasteiger partial charge in [-0.2, -0.15) is 0 Å². The minimum atomic E-state index is 0.128. The molecule has 20 heavy (non-hydrogen) atoms. The summed E-state index contributed by atoms with van der Waals surface area (Å²) in [7, 11) is 0. The molecule has 1 nitrogen and oxygen atoms in total. The quantitative estimate of drug-likeness (QED) is 0.531. The first-order chi connectivity index (χ1) is 9.86. The number of fused-ring (bicyclic) bond motifs is 3. The Morgan fingerprint density at radius 3 is 2.20 bits per heavy atom. The van der Waals surface area contributed by atoms with Crippen molar-refractivity contribution in [3.05, 3.63) is 89.5 Å². The van der Waals surface area contributed by atoms with E-state index in [2.05, 4.69) is 54.6 Å². The Morgan fingerprint density at radius 1 is 0.650 bits per heavy atom. The van der Waals surface area contributed by atoms with Crippen LogP contribution in [-0.2, 0) is 0 Å². The molecule has 1 aliphatic carbocycles. The molecule has 1 aliphatic rings. The Morgan fingerprint density at radius 2 is 1.35 bits per heavy atom. The van der Waals surface area contributed by atoms with E-state index in [1.54, 1.807) is 6.07 Å². The summed E-state index contributed by atoms with van der Waals surface area (Å²) in [5, 5.41) is 10.3. The molecule has 1 heteroatoms. The Labute approximate surface area is 118 Å². The molecule has 0 amide bonds. The number of hydrogen-bond donors (Lipinski definition) is 1. The van der Waals surface area contributed by atoms with Crippen LogP contribution < -0.4 is 0 Å². The second kappa shape index (κ2) is 4.24. The van der Waals surface area contributed by atoms with Crippen LogP contribution in [0, 0.1) is 0 Å². The first kappa shape index (κ1) is 11.3. The average Bonchev–Trinajstić information content (AvgIpc) is 2.84. The van der Waals surface area contributed by atoms with Gasteiger partial charge < -0.3 is 5.11 Å². The zero-order valence-electron chi connectivity index (χ0n) is 11.0. The normalized spacial score (nSPS) is 15.7. The van der Waals surface area contributed by atoms with Crippen LogP contribution in [0.2, 0.25) is 0 Å². The molecule has 0 radical (unpaired) electrons. The molecule has 1 N–H and O–H groups in total. The van der Waals surface area contributed by atoms with Gasteiger partial charge in [0.1, 0.15) is 5.75 Å². The van der Waals surface area contributed by atoms with Crippen LogP contribution in [0.3, 0.4) is 0 Å². The van der Waals surface area contributed by atoms with Gasteiger partial charge in [0.25, 0.3) is 0 Å². The lowest BCUT2D eigenvalue weighted by atomic mass is 9.89. The lowest BCUT2D eigenvalue weighted by molar-refractivity contribution is 0.468. The van der Waals surface area contributed by atoms with Gasteiger partial charge in [-0.3, -0.25) is 0 Å². The summed E-state index contributed by atoms with van der Waals surface area (Å²) in [6.07, 6.45) is 0. The monoisotopic (exact) mass is 258 g/mol. The van der Waals surface area contributed by atoms with Crippen molar-refractivity contribution in [1.29, 1.82) is 0 Å². The van der Waals surface area contributed by atoms with Crippen LogP contribution in [0.1, 0.15) is 22.6 Å². The maximum absolute atomic E-state index is 10.3. The standard InChI is InChI=1S/C19H14O/c20-17-12-6-11-16-14-9-4-5-10-15(14)18(19(16)17)13-7-2-1-3-8-13/h1-12,18,20H. The second-order valence-corrected chi connectivity index (χ2v) is 5.17. The van der Waals surface area contributed by atoms with Crippen LogP contribution in [0.4, 0.5) is 0 Å². The van der Waals surface area contributed by atoms with Gasteiger partial charge in [0.05, 0.1) is 0 Å². The molecule has 0 aromatic heterocycles. The van der Waals surface area contributed by atoms with Gasteiger partial charge in [0.15, 0.2) is 0 Å². The molecule has 0 fully saturated rings. The molecule has 0 saturated carbocycles. The molecule has 0 spiro atoms. The van der Waals surface area contributed by atoms with E-state index in [0.29, 0.717) is 5.75 Å². The predicted octanol–water partition coefficient (Wildman–Crippen LogP) is 4.55. The summed E-state index contributed by atoms with van der Waals surface area (Å²) in [6, 6.07) is 24.6. The average molecular weight is 258 g/mol. The number of rotatable bonds is 1. The largest absolute Gasteiger partial charge is 0.508 e. The van der Waals surface area contributed by atoms with E-state index in [4.69, 9.17) is 0 Å². The van der Waals surface area contributed by atoms with Crippen LogP contribution in [0.25, 0.3) is 11.1 Å². The van der Waals surface area contributed by atoms with Gasteiger partial charge in [-0.15, -0.1) is 0 Å². The highest BCUT2D eigenvalue weighted by molar-refractivity contribution is 5.82. The smallest absolute Gasteiger partial charge is 0.120 e.